The monoisotopic (exact) mass is 470 g/mol. The van der Waals surface area contributed by atoms with E-state index in [4.69, 9.17) is 13.9 Å². The first-order chi connectivity index (χ1) is 14.1. The average molecular weight is 471 g/mol. The number of aldehydes is 1. The molecular formula is C24H46O5Si2. The number of unbranched alkanes of at least 4 members (excludes halogenated alkanes) is 1. The first-order valence-electron chi connectivity index (χ1n) is 11.3. The molecule has 0 fully saturated rings. The second kappa shape index (κ2) is 13.5. The van der Waals surface area contributed by atoms with Gasteiger partial charge in [-0.25, -0.2) is 4.79 Å². The molecule has 5 nitrogen and oxygen atoms in total. The summed E-state index contributed by atoms with van der Waals surface area (Å²) in [6.07, 6.45) is 9.14. The second-order valence-corrected chi connectivity index (χ2v) is 21.3. The van der Waals surface area contributed by atoms with Gasteiger partial charge in [0.2, 0.25) is 0 Å². The van der Waals surface area contributed by atoms with Crippen LogP contribution in [0.5, 0.6) is 0 Å². The second-order valence-electron chi connectivity index (χ2n) is 10.9. The lowest BCUT2D eigenvalue weighted by molar-refractivity contribution is -0.137. The van der Waals surface area contributed by atoms with Crippen molar-refractivity contribution < 1.29 is 23.5 Å². The van der Waals surface area contributed by atoms with Crippen LogP contribution in [0.25, 0.3) is 0 Å². The number of allylic oxidation sites excluding steroid dienone is 2. The molecule has 0 rings (SSSR count). The van der Waals surface area contributed by atoms with Crippen molar-refractivity contribution in [2.75, 3.05) is 13.7 Å². The lowest BCUT2D eigenvalue weighted by Crippen LogP contribution is -2.49. The van der Waals surface area contributed by atoms with Crippen molar-refractivity contribution in [3.8, 4) is 0 Å². The largest absolute Gasteiger partial charge is 0.463 e. The summed E-state index contributed by atoms with van der Waals surface area (Å²) in [4.78, 5) is 23.3. The number of hydrogen-bond acceptors (Lipinski definition) is 5. The van der Waals surface area contributed by atoms with Gasteiger partial charge in [-0.3, -0.25) is 0 Å². The molecule has 0 spiro atoms. The SMILES string of the molecule is CO[C@@H](/C=C/CC/C=C/C(=O)OCC[Si](C)(C)C)[C@@H](O[Si](C)(C)C(C)(C)C)[C@H](C)C=O. The quantitative estimate of drug-likeness (QED) is 0.0778. The maximum atomic E-state index is 11.7. The molecule has 180 valence electrons. The summed E-state index contributed by atoms with van der Waals surface area (Å²) in [5.41, 5.74) is 0. The third-order valence-electron chi connectivity index (χ3n) is 5.74. The van der Waals surface area contributed by atoms with Crippen molar-refractivity contribution in [3.63, 3.8) is 0 Å². The summed E-state index contributed by atoms with van der Waals surface area (Å²) in [7, 11) is -1.60. The summed E-state index contributed by atoms with van der Waals surface area (Å²) in [5.74, 6) is -0.547. The first kappa shape index (κ1) is 30.0. The van der Waals surface area contributed by atoms with Crippen molar-refractivity contribution >= 4 is 28.6 Å². The van der Waals surface area contributed by atoms with Gasteiger partial charge in [-0.05, 0) is 37.0 Å². The summed E-state index contributed by atoms with van der Waals surface area (Å²) in [6, 6.07) is 0.977. The van der Waals surface area contributed by atoms with Crippen LogP contribution in [0, 0.1) is 5.92 Å². The van der Waals surface area contributed by atoms with E-state index in [0.717, 1.165) is 25.2 Å². The zero-order chi connectivity index (χ0) is 24.3. The Kier molecular flexibility index (Phi) is 13.1. The zero-order valence-electron chi connectivity index (χ0n) is 21.5. The van der Waals surface area contributed by atoms with Gasteiger partial charge < -0.3 is 18.7 Å². The Labute approximate surface area is 192 Å². The van der Waals surface area contributed by atoms with Crippen LogP contribution in [0.2, 0.25) is 43.8 Å². The molecule has 0 N–H and O–H groups in total. The maximum Gasteiger partial charge on any atom is 0.330 e. The van der Waals surface area contributed by atoms with Crippen LogP contribution in [-0.4, -0.2) is 54.6 Å². The first-order valence-corrected chi connectivity index (χ1v) is 17.9. The van der Waals surface area contributed by atoms with Gasteiger partial charge in [0.1, 0.15) is 12.4 Å². The minimum atomic E-state index is -2.05. The van der Waals surface area contributed by atoms with E-state index in [-0.39, 0.29) is 29.1 Å². The fourth-order valence-corrected chi connectivity index (χ4v) is 4.60. The summed E-state index contributed by atoms with van der Waals surface area (Å²) in [5, 5.41) is 0.0460. The summed E-state index contributed by atoms with van der Waals surface area (Å²) >= 11 is 0. The smallest absolute Gasteiger partial charge is 0.330 e. The Hall–Kier alpha value is -1.03. The summed E-state index contributed by atoms with van der Waals surface area (Å²) < 4.78 is 17.5. The summed E-state index contributed by atoms with van der Waals surface area (Å²) in [6.45, 7) is 20.1. The topological polar surface area (TPSA) is 61.8 Å². The Balaban J connectivity index is 4.79. The lowest BCUT2D eigenvalue weighted by atomic mass is 10.0. The van der Waals surface area contributed by atoms with Crippen LogP contribution in [0.3, 0.4) is 0 Å². The van der Waals surface area contributed by atoms with Gasteiger partial charge in [-0.1, -0.05) is 65.6 Å². The Morgan fingerprint density at radius 3 is 2.10 bits per heavy atom. The van der Waals surface area contributed by atoms with Crippen molar-refractivity contribution in [1.29, 1.82) is 0 Å². The van der Waals surface area contributed by atoms with E-state index in [0.29, 0.717) is 6.61 Å². The van der Waals surface area contributed by atoms with E-state index in [1.807, 2.05) is 25.2 Å². The van der Waals surface area contributed by atoms with Gasteiger partial charge in [-0.15, -0.1) is 0 Å². The molecule has 0 aromatic heterocycles. The predicted molar refractivity (Wildman–Crippen MR) is 135 cm³/mol. The molecule has 0 heterocycles. The Morgan fingerprint density at radius 2 is 1.61 bits per heavy atom. The number of esters is 1. The standard InChI is InChI=1S/C24H46O5Si2/c1-20(19-25)23(29-31(9,10)24(2,3)4)21(27-5)15-13-11-12-14-16-22(26)28-17-18-30(6,7)8/h13-16,19-21,23H,11-12,17-18H2,1-10H3/b15-13+,16-14+/t20-,21+,23+/m1/s1. The highest BCUT2D eigenvalue weighted by molar-refractivity contribution is 6.76. The third kappa shape index (κ3) is 12.6. The number of methoxy groups -OCH3 is 1. The number of ether oxygens (including phenoxy) is 2. The molecule has 31 heavy (non-hydrogen) atoms. The highest BCUT2D eigenvalue weighted by Crippen LogP contribution is 2.38. The Bertz CT molecular complexity index is 600. The molecule has 0 saturated carbocycles. The van der Waals surface area contributed by atoms with Gasteiger partial charge in [0.25, 0.3) is 0 Å². The molecule has 0 aliphatic carbocycles. The van der Waals surface area contributed by atoms with Crippen molar-refractivity contribution in [1.82, 2.24) is 0 Å². The van der Waals surface area contributed by atoms with Crippen LogP contribution in [0.15, 0.2) is 24.3 Å². The fraction of sp³-hybridized carbons (Fsp3) is 0.750. The number of hydrogen-bond donors (Lipinski definition) is 0. The van der Waals surface area contributed by atoms with Gasteiger partial charge in [0.05, 0.1) is 12.7 Å². The normalized spacial score (nSPS) is 16.5. The van der Waals surface area contributed by atoms with E-state index in [2.05, 4.69) is 53.5 Å². The molecule has 0 aromatic carbocycles. The molecule has 0 aromatic rings. The molecule has 7 heteroatoms. The van der Waals surface area contributed by atoms with Crippen molar-refractivity contribution in [2.24, 2.45) is 5.92 Å². The van der Waals surface area contributed by atoms with Crippen LogP contribution >= 0.6 is 0 Å². The van der Waals surface area contributed by atoms with Gasteiger partial charge >= 0.3 is 5.97 Å². The van der Waals surface area contributed by atoms with Crippen molar-refractivity contribution in [2.45, 2.75) is 96.6 Å². The predicted octanol–water partition coefficient (Wildman–Crippen LogP) is 6.00. The van der Waals surface area contributed by atoms with Gasteiger partial charge in [0, 0.05) is 27.2 Å². The molecule has 3 atom stereocenters. The van der Waals surface area contributed by atoms with Crippen LogP contribution in [-0.2, 0) is 23.5 Å². The van der Waals surface area contributed by atoms with Gasteiger partial charge in [-0.2, -0.15) is 0 Å². The van der Waals surface area contributed by atoms with Crippen molar-refractivity contribution in [3.05, 3.63) is 24.3 Å². The molecule has 0 unspecified atom stereocenters. The van der Waals surface area contributed by atoms with Crippen LogP contribution in [0.1, 0.15) is 40.5 Å². The maximum absolute atomic E-state index is 11.7. The minimum absolute atomic E-state index is 0.0460. The third-order valence-corrected chi connectivity index (χ3v) is 11.9. The molecule has 0 radical (unpaired) electrons. The number of rotatable bonds is 14. The molecule has 0 bridgehead atoms. The average Bonchev–Trinajstić information content (AvgIpc) is 2.63. The van der Waals surface area contributed by atoms with E-state index in [1.165, 1.54) is 6.08 Å². The minimum Gasteiger partial charge on any atom is -0.463 e. The Morgan fingerprint density at radius 1 is 1.03 bits per heavy atom. The zero-order valence-corrected chi connectivity index (χ0v) is 23.5. The molecule has 0 saturated heterocycles. The van der Waals surface area contributed by atoms with E-state index >= 15 is 0 Å². The van der Waals surface area contributed by atoms with E-state index in [9.17, 15) is 9.59 Å². The van der Waals surface area contributed by atoms with Gasteiger partial charge in [0.15, 0.2) is 8.32 Å². The van der Waals surface area contributed by atoms with E-state index < -0.39 is 16.4 Å². The fourth-order valence-electron chi connectivity index (χ4n) is 2.50. The molecule has 0 amide bonds. The van der Waals surface area contributed by atoms with Crippen LogP contribution in [0.4, 0.5) is 0 Å². The molecular weight excluding hydrogens is 424 g/mol. The molecule has 0 aliphatic rings. The number of carbonyl (C=O) groups is 2. The van der Waals surface area contributed by atoms with Crippen LogP contribution < -0.4 is 0 Å². The highest BCUT2D eigenvalue weighted by atomic mass is 28.4. The van der Waals surface area contributed by atoms with E-state index in [1.54, 1.807) is 7.11 Å². The highest BCUT2D eigenvalue weighted by Gasteiger charge is 2.41. The molecule has 0 aliphatic heterocycles. The number of carbonyl (C=O) groups excluding carboxylic acids is 2. The lowest BCUT2D eigenvalue weighted by Gasteiger charge is -2.41.